The maximum Gasteiger partial charge on any atom is 0.328 e. The predicted molar refractivity (Wildman–Crippen MR) is 97.2 cm³/mol. The van der Waals surface area contributed by atoms with Crippen molar-refractivity contribution >= 4 is 21.8 Å². The van der Waals surface area contributed by atoms with Crippen LogP contribution < -0.4 is 0 Å². The molecule has 1 atom stereocenters. The highest BCUT2D eigenvalue weighted by Crippen LogP contribution is 2.26. The minimum absolute atomic E-state index is 0.0403. The molecule has 0 saturated heterocycles. The van der Waals surface area contributed by atoms with Crippen LogP contribution in [0.15, 0.2) is 12.3 Å². The molecule has 26 heavy (non-hydrogen) atoms. The van der Waals surface area contributed by atoms with Crippen LogP contribution in [0.3, 0.4) is 0 Å². The maximum atomic E-state index is 12.4. The lowest BCUT2D eigenvalue weighted by atomic mass is 10.1. The summed E-state index contributed by atoms with van der Waals surface area (Å²) < 4.78 is 29.4. The Hall–Kier alpha value is -2.27. The van der Waals surface area contributed by atoms with Gasteiger partial charge in [0, 0.05) is 30.3 Å². The number of nitrogens with zero attached hydrogens (tertiary/aromatic N) is 2. The summed E-state index contributed by atoms with van der Waals surface area (Å²) in [6.07, 6.45) is 7.88. The molecule has 1 aromatic heterocycles. The Morgan fingerprint density at radius 2 is 2.12 bits per heavy atom. The monoisotopic (exact) mass is 380 g/mol. The van der Waals surface area contributed by atoms with Gasteiger partial charge in [0.15, 0.2) is 14.6 Å². The van der Waals surface area contributed by atoms with Crippen LogP contribution in [0.2, 0.25) is 0 Å². The molecular formula is C18H24N2O5S. The van der Waals surface area contributed by atoms with Gasteiger partial charge in [0.05, 0.1) is 13.2 Å². The first-order valence-corrected chi connectivity index (χ1v) is 10.2. The number of carbonyl (C=O) groups is 2. The molecule has 142 valence electrons. The zero-order valence-electron chi connectivity index (χ0n) is 15.5. The summed E-state index contributed by atoms with van der Waals surface area (Å²) in [6.45, 7) is 5.67. The fourth-order valence-electron chi connectivity index (χ4n) is 2.66. The molecule has 8 heteroatoms. The molecule has 0 aromatic carbocycles. The van der Waals surface area contributed by atoms with Gasteiger partial charge < -0.3 is 9.64 Å². The van der Waals surface area contributed by atoms with Gasteiger partial charge in [-0.25, -0.2) is 13.2 Å². The van der Waals surface area contributed by atoms with Crippen LogP contribution in [0.1, 0.15) is 38.4 Å². The summed E-state index contributed by atoms with van der Waals surface area (Å²) >= 11 is 0. The van der Waals surface area contributed by atoms with Crippen molar-refractivity contribution in [3.8, 4) is 12.3 Å². The molecule has 0 N–H and O–H groups in total. The molecule has 2 heterocycles. The van der Waals surface area contributed by atoms with Crippen molar-refractivity contribution in [2.75, 3.05) is 19.4 Å². The van der Waals surface area contributed by atoms with Crippen molar-refractivity contribution in [3.05, 3.63) is 23.5 Å². The highest BCUT2D eigenvalue weighted by molar-refractivity contribution is 7.92. The third kappa shape index (κ3) is 3.78. The predicted octanol–water partition coefficient (Wildman–Crippen LogP) is 1.65. The van der Waals surface area contributed by atoms with E-state index in [1.807, 2.05) is 13.8 Å². The quantitative estimate of drug-likeness (QED) is 0.530. The minimum Gasteiger partial charge on any atom is -0.464 e. The van der Waals surface area contributed by atoms with Crippen molar-refractivity contribution in [2.24, 2.45) is 5.92 Å². The number of amides is 1. The number of carbonyl (C=O) groups excluding carboxylic acids is 2. The first-order valence-electron chi connectivity index (χ1n) is 8.33. The number of hydrogen-bond donors (Lipinski definition) is 0. The molecule has 1 aliphatic rings. The first kappa shape index (κ1) is 20.0. The second-order valence-electron chi connectivity index (χ2n) is 7.18. The lowest BCUT2D eigenvalue weighted by molar-refractivity contribution is -0.147. The van der Waals surface area contributed by atoms with Crippen molar-refractivity contribution in [1.82, 2.24) is 9.47 Å². The topological polar surface area (TPSA) is 85.7 Å². The molecule has 1 aliphatic heterocycles. The van der Waals surface area contributed by atoms with Crippen LogP contribution in [0.4, 0.5) is 4.79 Å². The molecule has 7 nitrogen and oxygen atoms in total. The first-order chi connectivity index (χ1) is 12.0. The third-order valence-electron chi connectivity index (χ3n) is 4.55. The van der Waals surface area contributed by atoms with E-state index in [0.29, 0.717) is 12.1 Å². The number of ether oxygens (including phenoxy) is 1. The highest BCUT2D eigenvalue weighted by atomic mass is 32.2. The maximum absolute atomic E-state index is 12.4. The molecule has 1 aromatic rings. The molecule has 2 rings (SSSR count). The Morgan fingerprint density at radius 1 is 1.46 bits per heavy atom. The van der Waals surface area contributed by atoms with Crippen LogP contribution >= 0.6 is 0 Å². The molecule has 0 unspecified atom stereocenters. The van der Waals surface area contributed by atoms with Crippen LogP contribution in [0.5, 0.6) is 0 Å². The van der Waals surface area contributed by atoms with Gasteiger partial charge in [-0.05, 0) is 25.3 Å². The lowest BCUT2D eigenvalue weighted by Crippen LogP contribution is -2.47. The number of sulfone groups is 1. The number of esters is 1. The van der Waals surface area contributed by atoms with Crippen LogP contribution in [-0.4, -0.2) is 54.0 Å². The van der Waals surface area contributed by atoms with Gasteiger partial charge in [0.2, 0.25) is 0 Å². The zero-order valence-corrected chi connectivity index (χ0v) is 16.3. The van der Waals surface area contributed by atoms with E-state index in [2.05, 4.69) is 5.92 Å². The van der Waals surface area contributed by atoms with Gasteiger partial charge in [0.25, 0.3) is 0 Å². The van der Waals surface area contributed by atoms with Crippen molar-refractivity contribution in [2.45, 2.75) is 38.5 Å². The standard InChI is InChI=1S/C18H24N2O5S/c1-6-14-9-15-11-19(17(22)20(15)10-14)8-7-18(4,26(5,23)24)16(21)25-12-13(2)3/h1,9-10,13H,7-8,11-12H2,2-5H3/t18-/m1/s1. The fourth-order valence-corrected chi connectivity index (χ4v) is 3.48. The van der Waals surface area contributed by atoms with Gasteiger partial charge in [0.1, 0.15) is 0 Å². The van der Waals surface area contributed by atoms with Gasteiger partial charge in [-0.3, -0.25) is 9.36 Å². The average Bonchev–Trinajstić information content (AvgIpc) is 3.08. The number of terminal acetylenes is 1. The van der Waals surface area contributed by atoms with Crippen LogP contribution in [0, 0.1) is 18.3 Å². The Balaban J connectivity index is 2.11. The van der Waals surface area contributed by atoms with E-state index < -0.39 is 20.6 Å². The number of hydrogen-bond acceptors (Lipinski definition) is 5. The van der Waals surface area contributed by atoms with E-state index >= 15 is 0 Å². The van der Waals surface area contributed by atoms with Crippen LogP contribution in [-0.2, 0) is 25.9 Å². The fraction of sp³-hybridized carbons (Fsp3) is 0.556. The van der Waals surface area contributed by atoms with Crippen molar-refractivity contribution < 1.29 is 22.7 Å². The largest absolute Gasteiger partial charge is 0.464 e. The Bertz CT molecular complexity index is 863. The van der Waals surface area contributed by atoms with Gasteiger partial charge in [-0.15, -0.1) is 6.42 Å². The van der Waals surface area contributed by atoms with Gasteiger partial charge in [-0.1, -0.05) is 19.8 Å². The smallest absolute Gasteiger partial charge is 0.328 e. The SMILES string of the molecule is C#Cc1cc2n(c1)C(=O)N(CC[C@](C)(C(=O)OCC(C)C)S(C)(=O)=O)C2. The summed E-state index contributed by atoms with van der Waals surface area (Å²) in [5.41, 5.74) is 1.36. The van der Waals surface area contributed by atoms with Crippen LogP contribution in [0.25, 0.3) is 0 Å². The Kier molecular flexibility index (Phi) is 5.52. The lowest BCUT2D eigenvalue weighted by Gasteiger charge is -2.28. The molecular weight excluding hydrogens is 356 g/mol. The highest BCUT2D eigenvalue weighted by Gasteiger charge is 2.46. The summed E-state index contributed by atoms with van der Waals surface area (Å²) in [4.78, 5) is 26.3. The van der Waals surface area contributed by atoms with Crippen molar-refractivity contribution in [3.63, 3.8) is 0 Å². The van der Waals surface area contributed by atoms with E-state index in [0.717, 1.165) is 11.9 Å². The summed E-state index contributed by atoms with van der Waals surface area (Å²) in [6, 6.07) is 1.46. The van der Waals surface area contributed by atoms with Gasteiger partial charge in [-0.2, -0.15) is 0 Å². The zero-order chi connectivity index (χ0) is 19.7. The van der Waals surface area contributed by atoms with E-state index in [-0.39, 0.29) is 31.5 Å². The molecule has 0 spiro atoms. The second-order valence-corrected chi connectivity index (χ2v) is 9.63. The van der Waals surface area contributed by atoms with Gasteiger partial charge >= 0.3 is 12.0 Å². The number of rotatable bonds is 7. The van der Waals surface area contributed by atoms with E-state index in [1.165, 1.54) is 16.4 Å². The molecule has 0 saturated carbocycles. The number of fused-ring (bicyclic) bond motifs is 1. The summed E-state index contributed by atoms with van der Waals surface area (Å²) in [5.74, 6) is 1.79. The second kappa shape index (κ2) is 7.16. The molecule has 0 aliphatic carbocycles. The van der Waals surface area contributed by atoms with E-state index in [1.54, 1.807) is 12.3 Å². The van der Waals surface area contributed by atoms with E-state index in [4.69, 9.17) is 11.2 Å². The third-order valence-corrected chi connectivity index (χ3v) is 6.56. The minimum atomic E-state index is -3.73. The average molecular weight is 380 g/mol. The Labute approximate surface area is 154 Å². The Morgan fingerprint density at radius 3 is 2.62 bits per heavy atom. The molecule has 0 fully saturated rings. The van der Waals surface area contributed by atoms with E-state index in [9.17, 15) is 18.0 Å². The van der Waals surface area contributed by atoms with Crippen molar-refractivity contribution in [1.29, 1.82) is 0 Å². The normalized spacial score (nSPS) is 16.3. The number of aromatic nitrogens is 1. The summed E-state index contributed by atoms with van der Waals surface area (Å²) in [7, 11) is -3.73. The molecule has 0 radical (unpaired) electrons. The molecule has 1 amide bonds. The summed E-state index contributed by atoms with van der Waals surface area (Å²) in [5, 5.41) is 0. The molecule has 0 bridgehead atoms.